The molecule has 2 aromatic heterocycles. The lowest BCUT2D eigenvalue weighted by molar-refractivity contribution is 1.11. The van der Waals surface area contributed by atoms with Gasteiger partial charge in [0, 0.05) is 12.7 Å². The van der Waals surface area contributed by atoms with Gasteiger partial charge in [0.05, 0.1) is 3.79 Å². The first-order valence-electron chi connectivity index (χ1n) is 4.63. The van der Waals surface area contributed by atoms with Crippen LogP contribution in [0, 0.1) is 6.92 Å². The Hall–Kier alpha value is -0.870. The van der Waals surface area contributed by atoms with Crippen LogP contribution in [0.3, 0.4) is 0 Å². The Morgan fingerprint density at radius 3 is 2.93 bits per heavy atom. The van der Waals surface area contributed by atoms with Gasteiger partial charge in [-0.2, -0.15) is 0 Å². The van der Waals surface area contributed by atoms with Crippen LogP contribution in [-0.2, 0) is 6.54 Å². The highest BCUT2D eigenvalue weighted by Crippen LogP contribution is 2.21. The van der Waals surface area contributed by atoms with Gasteiger partial charge in [-0.05, 0) is 51.5 Å². The molecule has 0 amide bonds. The average Bonchev–Trinajstić information content (AvgIpc) is 2.64. The molecule has 15 heavy (non-hydrogen) atoms. The molecule has 2 nitrogen and oxygen atoms in total. The molecule has 4 heteroatoms. The minimum atomic E-state index is 0.818. The summed E-state index contributed by atoms with van der Waals surface area (Å²) in [4.78, 5) is 4.28. The summed E-state index contributed by atoms with van der Waals surface area (Å²) >= 11 is 5.14. The van der Waals surface area contributed by atoms with Crippen molar-refractivity contribution in [3.63, 3.8) is 0 Å². The molecule has 78 valence electrons. The number of nitrogens with one attached hydrogen (secondary N) is 1. The molecule has 0 bridgehead atoms. The second-order valence-corrected chi connectivity index (χ2v) is 5.62. The molecule has 2 heterocycles. The van der Waals surface area contributed by atoms with Crippen LogP contribution in [0.25, 0.3) is 0 Å². The predicted octanol–water partition coefficient (Wildman–Crippen LogP) is 3.83. The smallest absolute Gasteiger partial charge is 0.126 e. The van der Waals surface area contributed by atoms with Crippen LogP contribution in [0.5, 0.6) is 0 Å². The molecular formula is C11H11BrN2S. The van der Waals surface area contributed by atoms with Gasteiger partial charge in [0.1, 0.15) is 5.82 Å². The van der Waals surface area contributed by atoms with Crippen molar-refractivity contribution in [3.8, 4) is 0 Å². The number of pyridine rings is 1. The van der Waals surface area contributed by atoms with Gasteiger partial charge < -0.3 is 5.32 Å². The standard InChI is InChI=1S/C11H11BrN2S/c1-8-2-3-11(13-5-8)14-6-9-4-10(12)15-7-9/h2-5,7H,6H2,1H3,(H,13,14). The maximum Gasteiger partial charge on any atom is 0.126 e. The second kappa shape index (κ2) is 4.77. The van der Waals surface area contributed by atoms with E-state index >= 15 is 0 Å². The zero-order valence-corrected chi connectivity index (χ0v) is 10.7. The Bertz CT molecular complexity index is 436. The van der Waals surface area contributed by atoms with Gasteiger partial charge in [-0.3, -0.25) is 0 Å². The molecule has 0 fully saturated rings. The van der Waals surface area contributed by atoms with Crippen LogP contribution in [0.15, 0.2) is 33.6 Å². The zero-order valence-electron chi connectivity index (χ0n) is 8.33. The third-order valence-electron chi connectivity index (χ3n) is 2.01. The number of thiophene rings is 1. The van der Waals surface area contributed by atoms with E-state index in [2.05, 4.69) is 43.7 Å². The van der Waals surface area contributed by atoms with E-state index in [4.69, 9.17) is 0 Å². The Morgan fingerprint density at radius 2 is 2.33 bits per heavy atom. The van der Waals surface area contributed by atoms with Gasteiger partial charge in [-0.25, -0.2) is 4.98 Å². The fourth-order valence-corrected chi connectivity index (χ4v) is 2.41. The quantitative estimate of drug-likeness (QED) is 0.926. The van der Waals surface area contributed by atoms with Crippen molar-refractivity contribution in [3.05, 3.63) is 44.7 Å². The van der Waals surface area contributed by atoms with Crippen LogP contribution in [-0.4, -0.2) is 4.98 Å². The Kier molecular flexibility index (Phi) is 3.38. The predicted molar refractivity (Wildman–Crippen MR) is 68.3 cm³/mol. The van der Waals surface area contributed by atoms with Gasteiger partial charge in [-0.15, -0.1) is 11.3 Å². The molecule has 0 aromatic carbocycles. The molecule has 0 saturated heterocycles. The van der Waals surface area contributed by atoms with E-state index in [9.17, 15) is 0 Å². The second-order valence-electron chi connectivity index (χ2n) is 3.33. The normalized spacial score (nSPS) is 10.3. The number of nitrogens with zero attached hydrogens (tertiary/aromatic N) is 1. The monoisotopic (exact) mass is 282 g/mol. The molecule has 2 aromatic rings. The third-order valence-corrected chi connectivity index (χ3v) is 3.56. The SMILES string of the molecule is Cc1ccc(NCc2csc(Br)c2)nc1. The van der Waals surface area contributed by atoms with E-state index in [0.717, 1.165) is 16.1 Å². The van der Waals surface area contributed by atoms with E-state index in [1.54, 1.807) is 11.3 Å². The first kappa shape index (κ1) is 10.6. The molecule has 0 aliphatic carbocycles. The van der Waals surface area contributed by atoms with Crippen molar-refractivity contribution in [1.29, 1.82) is 0 Å². The number of aryl methyl sites for hydroxylation is 1. The van der Waals surface area contributed by atoms with Gasteiger partial charge >= 0.3 is 0 Å². The minimum absolute atomic E-state index is 0.818. The van der Waals surface area contributed by atoms with Crippen LogP contribution in [0.1, 0.15) is 11.1 Å². The van der Waals surface area contributed by atoms with Crippen LogP contribution < -0.4 is 5.32 Å². The molecule has 0 aliphatic rings. The summed E-state index contributed by atoms with van der Waals surface area (Å²) in [7, 11) is 0. The topological polar surface area (TPSA) is 24.9 Å². The van der Waals surface area contributed by atoms with Crippen LogP contribution in [0.4, 0.5) is 5.82 Å². The number of anilines is 1. The average molecular weight is 283 g/mol. The Labute approximate surface area is 101 Å². The summed E-state index contributed by atoms with van der Waals surface area (Å²) in [5.41, 5.74) is 2.45. The Balaban J connectivity index is 1.96. The molecule has 0 unspecified atom stereocenters. The fraction of sp³-hybridized carbons (Fsp3) is 0.182. The largest absolute Gasteiger partial charge is 0.366 e. The van der Waals surface area contributed by atoms with E-state index in [-0.39, 0.29) is 0 Å². The summed E-state index contributed by atoms with van der Waals surface area (Å²) in [6, 6.07) is 6.17. The van der Waals surface area contributed by atoms with E-state index in [1.165, 1.54) is 11.1 Å². The van der Waals surface area contributed by atoms with Gasteiger partial charge in [0.2, 0.25) is 0 Å². The summed E-state index contributed by atoms with van der Waals surface area (Å²) in [6.45, 7) is 2.85. The van der Waals surface area contributed by atoms with E-state index < -0.39 is 0 Å². The van der Waals surface area contributed by atoms with Crippen molar-refractivity contribution in [2.75, 3.05) is 5.32 Å². The molecule has 0 saturated carbocycles. The van der Waals surface area contributed by atoms with Gasteiger partial charge in [-0.1, -0.05) is 6.07 Å². The van der Waals surface area contributed by atoms with Crippen molar-refractivity contribution >= 4 is 33.1 Å². The van der Waals surface area contributed by atoms with Gasteiger partial charge in [0.15, 0.2) is 0 Å². The molecule has 0 spiro atoms. The van der Waals surface area contributed by atoms with Crippen LogP contribution >= 0.6 is 27.3 Å². The Morgan fingerprint density at radius 1 is 1.47 bits per heavy atom. The highest BCUT2D eigenvalue weighted by atomic mass is 79.9. The molecule has 0 atom stereocenters. The summed E-state index contributed by atoms with van der Waals surface area (Å²) in [5, 5.41) is 5.41. The zero-order chi connectivity index (χ0) is 10.7. The number of aromatic nitrogens is 1. The minimum Gasteiger partial charge on any atom is -0.366 e. The summed E-state index contributed by atoms with van der Waals surface area (Å²) in [5.74, 6) is 0.919. The number of hydrogen-bond acceptors (Lipinski definition) is 3. The summed E-state index contributed by atoms with van der Waals surface area (Å²) in [6.07, 6.45) is 1.87. The number of rotatable bonds is 3. The molecule has 1 N–H and O–H groups in total. The van der Waals surface area contributed by atoms with Gasteiger partial charge in [0.25, 0.3) is 0 Å². The van der Waals surface area contributed by atoms with Crippen molar-refractivity contribution in [1.82, 2.24) is 4.98 Å². The summed E-state index contributed by atoms with van der Waals surface area (Å²) < 4.78 is 1.16. The van der Waals surface area contributed by atoms with E-state index in [1.807, 2.05) is 19.2 Å². The highest BCUT2D eigenvalue weighted by Gasteiger charge is 1.97. The van der Waals surface area contributed by atoms with E-state index in [0.29, 0.717) is 0 Å². The lowest BCUT2D eigenvalue weighted by atomic mass is 10.3. The lowest BCUT2D eigenvalue weighted by Crippen LogP contribution is -1.99. The van der Waals surface area contributed by atoms with Crippen LogP contribution in [0.2, 0.25) is 0 Å². The number of hydrogen-bond donors (Lipinski definition) is 1. The first-order chi connectivity index (χ1) is 7.24. The molecular weight excluding hydrogens is 272 g/mol. The van der Waals surface area contributed by atoms with Crippen molar-refractivity contribution in [2.45, 2.75) is 13.5 Å². The molecule has 0 aliphatic heterocycles. The highest BCUT2D eigenvalue weighted by molar-refractivity contribution is 9.11. The first-order valence-corrected chi connectivity index (χ1v) is 6.31. The molecule has 2 rings (SSSR count). The van der Waals surface area contributed by atoms with Crippen molar-refractivity contribution in [2.24, 2.45) is 0 Å². The third kappa shape index (κ3) is 3.04. The maximum atomic E-state index is 4.28. The number of halogens is 1. The lowest BCUT2D eigenvalue weighted by Gasteiger charge is -2.03. The molecule has 0 radical (unpaired) electrons. The van der Waals surface area contributed by atoms with Crippen molar-refractivity contribution < 1.29 is 0 Å². The fourth-order valence-electron chi connectivity index (χ4n) is 1.20. The maximum absolute atomic E-state index is 4.28.